The molecule has 11 heteroatoms. The van der Waals surface area contributed by atoms with Crippen molar-refractivity contribution in [1.82, 2.24) is 9.62 Å². The highest BCUT2D eigenvalue weighted by molar-refractivity contribution is 8.00. The van der Waals surface area contributed by atoms with Gasteiger partial charge in [0.05, 0.1) is 23.6 Å². The highest BCUT2D eigenvalue weighted by Crippen LogP contribution is 2.37. The molecule has 7 nitrogen and oxygen atoms in total. The lowest BCUT2D eigenvalue weighted by Crippen LogP contribution is -2.55. The second-order valence-corrected chi connectivity index (χ2v) is 10.3. The molecule has 30 heavy (non-hydrogen) atoms. The smallest absolute Gasteiger partial charge is 0.324 e. The molecule has 0 radical (unpaired) electrons. The standard InChI is InChI=1S/C19H17Cl2N3O4S2/c1-28-19(25)16-11-24(5-4-23-16)30(26,27)18-6-12(10-22)2-3-17(18)29-15-8-13(20)7-14(21)9-15/h2-3,6-9,16,23H,4-5,11H2,1H3. The average Bonchev–Trinajstić information content (AvgIpc) is 2.72. The van der Waals surface area contributed by atoms with Gasteiger partial charge >= 0.3 is 5.97 Å². The van der Waals surface area contributed by atoms with E-state index in [1.165, 1.54) is 29.2 Å². The van der Waals surface area contributed by atoms with Crippen LogP contribution < -0.4 is 5.32 Å². The first-order chi connectivity index (χ1) is 14.2. The van der Waals surface area contributed by atoms with Gasteiger partial charge in [-0.05, 0) is 36.4 Å². The van der Waals surface area contributed by atoms with Gasteiger partial charge < -0.3 is 10.1 Å². The van der Waals surface area contributed by atoms with E-state index in [2.05, 4.69) is 5.32 Å². The van der Waals surface area contributed by atoms with Crippen LogP contribution in [0, 0.1) is 11.3 Å². The minimum atomic E-state index is -3.99. The number of ether oxygens (including phenoxy) is 1. The van der Waals surface area contributed by atoms with E-state index in [0.29, 0.717) is 26.4 Å². The molecular weight excluding hydrogens is 469 g/mol. The van der Waals surface area contributed by atoms with Crippen LogP contribution in [0.4, 0.5) is 0 Å². The van der Waals surface area contributed by atoms with Crippen LogP contribution in [0.15, 0.2) is 51.1 Å². The number of benzene rings is 2. The van der Waals surface area contributed by atoms with Crippen molar-refractivity contribution in [1.29, 1.82) is 5.26 Å². The van der Waals surface area contributed by atoms with Crippen molar-refractivity contribution in [2.75, 3.05) is 26.7 Å². The zero-order valence-electron chi connectivity index (χ0n) is 15.8. The predicted molar refractivity (Wildman–Crippen MR) is 114 cm³/mol. The molecule has 1 aliphatic rings. The number of sulfonamides is 1. The molecule has 0 bridgehead atoms. The van der Waals surface area contributed by atoms with E-state index in [1.54, 1.807) is 30.3 Å². The maximum absolute atomic E-state index is 13.4. The summed E-state index contributed by atoms with van der Waals surface area (Å²) in [5.41, 5.74) is 0.210. The van der Waals surface area contributed by atoms with Gasteiger partial charge in [0.15, 0.2) is 0 Å². The molecule has 0 aromatic heterocycles. The summed E-state index contributed by atoms with van der Waals surface area (Å²) in [7, 11) is -2.74. The van der Waals surface area contributed by atoms with E-state index < -0.39 is 22.0 Å². The molecule has 2 aromatic rings. The summed E-state index contributed by atoms with van der Waals surface area (Å²) in [6.07, 6.45) is 0. The van der Waals surface area contributed by atoms with Crippen LogP contribution in [-0.2, 0) is 19.6 Å². The minimum Gasteiger partial charge on any atom is -0.468 e. The Labute approximate surface area is 189 Å². The Morgan fingerprint density at radius 1 is 1.27 bits per heavy atom. The molecule has 1 fully saturated rings. The Morgan fingerprint density at radius 2 is 1.97 bits per heavy atom. The Balaban J connectivity index is 2.00. The van der Waals surface area contributed by atoms with Crippen LogP contribution in [-0.4, -0.2) is 51.5 Å². The number of carbonyl (C=O) groups excluding carboxylic acids is 1. The number of halogens is 2. The van der Waals surface area contributed by atoms with Crippen molar-refractivity contribution in [2.45, 2.75) is 20.7 Å². The fraction of sp³-hybridized carbons (Fsp3) is 0.263. The van der Waals surface area contributed by atoms with Crippen LogP contribution in [0.1, 0.15) is 5.56 Å². The van der Waals surface area contributed by atoms with Crippen molar-refractivity contribution in [3.63, 3.8) is 0 Å². The summed E-state index contributed by atoms with van der Waals surface area (Å²) in [5, 5.41) is 13.1. The molecule has 2 aromatic carbocycles. The number of carbonyl (C=O) groups is 1. The third kappa shape index (κ3) is 5.09. The van der Waals surface area contributed by atoms with Gasteiger partial charge in [-0.25, -0.2) is 8.42 Å². The molecule has 0 amide bonds. The molecule has 1 N–H and O–H groups in total. The lowest BCUT2D eigenvalue weighted by molar-refractivity contribution is -0.143. The molecule has 3 rings (SSSR count). The van der Waals surface area contributed by atoms with Gasteiger partial charge in [0.2, 0.25) is 10.0 Å². The summed E-state index contributed by atoms with van der Waals surface area (Å²) in [5.74, 6) is -0.538. The minimum absolute atomic E-state index is 0.0202. The van der Waals surface area contributed by atoms with E-state index in [4.69, 9.17) is 27.9 Å². The zero-order chi connectivity index (χ0) is 21.9. The highest BCUT2D eigenvalue weighted by atomic mass is 35.5. The van der Waals surface area contributed by atoms with Crippen LogP contribution in [0.2, 0.25) is 10.0 Å². The largest absolute Gasteiger partial charge is 0.468 e. The van der Waals surface area contributed by atoms with E-state index >= 15 is 0 Å². The van der Waals surface area contributed by atoms with Gasteiger partial charge in [0, 0.05) is 39.5 Å². The molecular formula is C19H17Cl2N3O4S2. The molecule has 1 heterocycles. The topological polar surface area (TPSA) is 99.5 Å². The van der Waals surface area contributed by atoms with E-state index in [0.717, 1.165) is 0 Å². The van der Waals surface area contributed by atoms with Crippen LogP contribution in [0.25, 0.3) is 0 Å². The SMILES string of the molecule is COC(=O)C1CN(S(=O)(=O)c2cc(C#N)ccc2Sc2cc(Cl)cc(Cl)c2)CCN1. The number of nitrogens with zero attached hydrogens (tertiary/aromatic N) is 2. The van der Waals surface area contributed by atoms with E-state index in [1.807, 2.05) is 6.07 Å². The van der Waals surface area contributed by atoms with Crippen LogP contribution >= 0.6 is 35.0 Å². The Bertz CT molecular complexity index is 1100. The molecule has 1 unspecified atom stereocenters. The molecule has 0 saturated carbocycles. The molecule has 158 valence electrons. The molecule has 1 aliphatic heterocycles. The third-order valence-electron chi connectivity index (χ3n) is 4.38. The maximum Gasteiger partial charge on any atom is 0.324 e. The Hall–Kier alpha value is -1.80. The van der Waals surface area contributed by atoms with E-state index in [-0.39, 0.29) is 23.5 Å². The van der Waals surface area contributed by atoms with Gasteiger partial charge in [-0.2, -0.15) is 9.57 Å². The number of nitrogens with one attached hydrogen (secondary N) is 1. The summed E-state index contributed by atoms with van der Waals surface area (Å²) in [4.78, 5) is 12.9. The van der Waals surface area contributed by atoms with Crippen molar-refractivity contribution in [2.24, 2.45) is 0 Å². The molecule has 1 atom stereocenters. The second-order valence-electron chi connectivity index (χ2n) is 6.37. The lowest BCUT2D eigenvalue weighted by Gasteiger charge is -2.31. The quantitative estimate of drug-likeness (QED) is 0.649. The Kier molecular flexibility index (Phi) is 7.29. The number of methoxy groups -OCH3 is 1. The van der Waals surface area contributed by atoms with Gasteiger partial charge in [-0.1, -0.05) is 35.0 Å². The highest BCUT2D eigenvalue weighted by Gasteiger charge is 2.35. The predicted octanol–water partition coefficient (Wildman–Crippen LogP) is 3.15. The molecule has 0 aliphatic carbocycles. The second kappa shape index (κ2) is 9.56. The number of esters is 1. The van der Waals surface area contributed by atoms with Gasteiger partial charge in [-0.15, -0.1) is 0 Å². The first-order valence-electron chi connectivity index (χ1n) is 8.74. The summed E-state index contributed by atoms with van der Waals surface area (Å²) < 4.78 is 32.8. The fourth-order valence-corrected chi connectivity index (χ4v) is 6.53. The van der Waals surface area contributed by atoms with Crippen molar-refractivity contribution in [3.8, 4) is 6.07 Å². The van der Waals surface area contributed by atoms with Crippen LogP contribution in [0.3, 0.4) is 0 Å². The number of nitriles is 1. The average molecular weight is 486 g/mol. The van der Waals surface area contributed by atoms with Crippen molar-refractivity contribution in [3.05, 3.63) is 52.0 Å². The first-order valence-corrected chi connectivity index (χ1v) is 11.8. The summed E-state index contributed by atoms with van der Waals surface area (Å²) in [6.45, 7) is 0.405. The monoisotopic (exact) mass is 485 g/mol. The van der Waals surface area contributed by atoms with E-state index in [9.17, 15) is 18.5 Å². The lowest BCUT2D eigenvalue weighted by atomic mass is 10.2. The number of piperazine rings is 1. The summed E-state index contributed by atoms with van der Waals surface area (Å²) in [6, 6.07) is 10.6. The van der Waals surface area contributed by atoms with Gasteiger partial charge in [0.1, 0.15) is 6.04 Å². The first kappa shape index (κ1) is 22.9. The Morgan fingerprint density at radius 3 is 2.60 bits per heavy atom. The number of hydrogen-bond acceptors (Lipinski definition) is 7. The third-order valence-corrected chi connectivity index (χ3v) is 7.90. The fourth-order valence-electron chi connectivity index (χ4n) is 2.96. The van der Waals surface area contributed by atoms with Crippen LogP contribution in [0.5, 0.6) is 0 Å². The summed E-state index contributed by atoms with van der Waals surface area (Å²) >= 11 is 13.3. The zero-order valence-corrected chi connectivity index (χ0v) is 18.9. The number of hydrogen-bond donors (Lipinski definition) is 1. The maximum atomic E-state index is 13.4. The van der Waals surface area contributed by atoms with Gasteiger partial charge in [-0.3, -0.25) is 4.79 Å². The molecule has 0 spiro atoms. The van der Waals surface area contributed by atoms with Crippen molar-refractivity contribution < 1.29 is 17.9 Å². The van der Waals surface area contributed by atoms with Crippen molar-refractivity contribution >= 4 is 51.0 Å². The van der Waals surface area contributed by atoms with Gasteiger partial charge in [0.25, 0.3) is 0 Å². The number of rotatable bonds is 5. The normalized spacial score (nSPS) is 17.3. The molecule has 1 saturated heterocycles.